The van der Waals surface area contributed by atoms with Crippen molar-refractivity contribution in [2.75, 3.05) is 0 Å². The van der Waals surface area contributed by atoms with Crippen LogP contribution in [-0.4, -0.2) is 23.3 Å². The van der Waals surface area contributed by atoms with Crippen LogP contribution < -0.4 is 9.47 Å². The van der Waals surface area contributed by atoms with Crippen LogP contribution >= 0.6 is 0 Å². The van der Waals surface area contributed by atoms with E-state index in [0.29, 0.717) is 35.4 Å². The van der Waals surface area contributed by atoms with Crippen LogP contribution in [0.5, 0.6) is 11.5 Å². The number of pyridine rings is 1. The van der Waals surface area contributed by atoms with Gasteiger partial charge in [-0.05, 0) is 55.2 Å². The number of nitrogens with zero attached hydrogens (tertiary/aromatic N) is 1. The number of Topliss-reactive ketones (excluding diaryl/α,β-unsaturated/α-hetero) is 1. The van der Waals surface area contributed by atoms with Gasteiger partial charge in [0.05, 0.1) is 11.1 Å². The standard InChI is InChI=1S/C25H19F2NO4/c1-15-16(14-29)4-2-6-19(15)20-7-3-5-18(28-20)13-23(30)24(10-11-24)17-8-9-21-22(12-17)32-25(26,27)31-21/h2-9,12,14H,10-11,13H2,1H3. The predicted octanol–water partition coefficient (Wildman–Crippen LogP) is 5.03. The summed E-state index contributed by atoms with van der Waals surface area (Å²) in [5, 5.41) is 0. The molecule has 0 radical (unpaired) electrons. The van der Waals surface area contributed by atoms with Crippen molar-refractivity contribution in [2.45, 2.75) is 37.9 Å². The summed E-state index contributed by atoms with van der Waals surface area (Å²) in [6, 6.07) is 15.4. The molecular weight excluding hydrogens is 416 g/mol. The van der Waals surface area contributed by atoms with E-state index in [4.69, 9.17) is 0 Å². The van der Waals surface area contributed by atoms with Crippen LogP contribution in [0.3, 0.4) is 0 Å². The fourth-order valence-corrected chi connectivity index (χ4v) is 4.22. The highest BCUT2D eigenvalue weighted by Crippen LogP contribution is 2.52. The number of alkyl halides is 2. The first-order valence-corrected chi connectivity index (χ1v) is 10.3. The second kappa shape index (κ2) is 7.22. The van der Waals surface area contributed by atoms with Crippen molar-refractivity contribution in [3.8, 4) is 22.8 Å². The SMILES string of the molecule is Cc1c(C=O)cccc1-c1cccc(CC(=O)C2(c3ccc4c(c3)OC(F)(F)O4)CC2)n1. The molecule has 5 rings (SSSR count). The largest absolute Gasteiger partial charge is 0.586 e. The molecule has 2 heterocycles. The van der Waals surface area contributed by atoms with E-state index in [1.165, 1.54) is 12.1 Å². The molecule has 0 unspecified atom stereocenters. The quantitative estimate of drug-likeness (QED) is 0.508. The Morgan fingerprint density at radius 3 is 2.56 bits per heavy atom. The molecule has 1 saturated carbocycles. The van der Waals surface area contributed by atoms with E-state index in [1.54, 1.807) is 24.3 Å². The van der Waals surface area contributed by atoms with E-state index in [-0.39, 0.29) is 23.7 Å². The summed E-state index contributed by atoms with van der Waals surface area (Å²) in [6.45, 7) is 1.86. The van der Waals surface area contributed by atoms with Gasteiger partial charge in [0.2, 0.25) is 0 Å². The van der Waals surface area contributed by atoms with Gasteiger partial charge in [0.15, 0.2) is 11.5 Å². The number of carbonyl (C=O) groups excluding carboxylic acids is 2. The van der Waals surface area contributed by atoms with E-state index in [0.717, 1.165) is 17.4 Å². The molecule has 0 saturated heterocycles. The minimum atomic E-state index is -3.69. The van der Waals surface area contributed by atoms with Gasteiger partial charge in [-0.2, -0.15) is 0 Å². The molecule has 0 N–H and O–H groups in total. The number of fused-ring (bicyclic) bond motifs is 1. The summed E-state index contributed by atoms with van der Waals surface area (Å²) < 4.78 is 35.7. The maximum Gasteiger partial charge on any atom is 0.586 e. The van der Waals surface area contributed by atoms with Crippen LogP contribution in [0.15, 0.2) is 54.6 Å². The normalized spacial score (nSPS) is 17.1. The summed E-state index contributed by atoms with van der Waals surface area (Å²) in [5.41, 5.74) is 3.48. The Morgan fingerprint density at radius 1 is 1.06 bits per heavy atom. The lowest BCUT2D eigenvalue weighted by Gasteiger charge is -2.15. The molecule has 162 valence electrons. The van der Waals surface area contributed by atoms with E-state index in [9.17, 15) is 18.4 Å². The highest BCUT2D eigenvalue weighted by atomic mass is 19.3. The zero-order valence-electron chi connectivity index (χ0n) is 17.2. The average molecular weight is 435 g/mol. The van der Waals surface area contributed by atoms with Crippen LogP contribution in [0, 0.1) is 6.92 Å². The third-order valence-electron chi connectivity index (χ3n) is 6.16. The molecule has 3 aromatic rings. The van der Waals surface area contributed by atoms with E-state index in [1.807, 2.05) is 25.1 Å². The molecule has 1 aliphatic carbocycles. The highest BCUT2D eigenvalue weighted by Gasteiger charge is 2.52. The van der Waals surface area contributed by atoms with E-state index < -0.39 is 11.7 Å². The molecule has 0 spiro atoms. The summed E-state index contributed by atoms with van der Waals surface area (Å²) in [4.78, 5) is 29.1. The minimum Gasteiger partial charge on any atom is -0.395 e. The van der Waals surface area contributed by atoms with E-state index in [2.05, 4.69) is 14.5 Å². The first-order valence-electron chi connectivity index (χ1n) is 10.3. The molecule has 0 bridgehead atoms. The van der Waals surface area contributed by atoms with Gasteiger partial charge in [-0.1, -0.05) is 30.3 Å². The van der Waals surface area contributed by atoms with Crippen LogP contribution in [0.1, 0.15) is 40.0 Å². The number of benzene rings is 2. The number of aromatic nitrogens is 1. The zero-order valence-corrected chi connectivity index (χ0v) is 17.2. The van der Waals surface area contributed by atoms with Crippen LogP contribution in [-0.2, 0) is 16.6 Å². The number of halogens is 2. The number of hydrogen-bond donors (Lipinski definition) is 0. The Hall–Kier alpha value is -3.61. The maximum atomic E-state index is 13.3. The van der Waals surface area contributed by atoms with Crippen LogP contribution in [0.4, 0.5) is 8.78 Å². The van der Waals surface area contributed by atoms with Crippen LogP contribution in [0.25, 0.3) is 11.3 Å². The third kappa shape index (κ3) is 3.43. The Morgan fingerprint density at radius 2 is 1.81 bits per heavy atom. The van der Waals surface area contributed by atoms with Gasteiger partial charge < -0.3 is 9.47 Å². The Labute approximate surface area is 183 Å². The van der Waals surface area contributed by atoms with Crippen molar-refractivity contribution < 1.29 is 27.8 Å². The Bertz CT molecular complexity index is 1250. The Kier molecular flexibility index (Phi) is 4.58. The maximum absolute atomic E-state index is 13.3. The van der Waals surface area contributed by atoms with Gasteiger partial charge in [-0.15, -0.1) is 8.78 Å². The van der Waals surface area contributed by atoms with Gasteiger partial charge in [0.25, 0.3) is 0 Å². The van der Waals surface area contributed by atoms with Crippen molar-refractivity contribution in [3.63, 3.8) is 0 Å². The molecular formula is C25H19F2NO4. The molecule has 1 fully saturated rings. The molecule has 5 nitrogen and oxygen atoms in total. The summed E-state index contributed by atoms with van der Waals surface area (Å²) in [7, 11) is 0. The molecule has 2 aliphatic rings. The second-order valence-corrected chi connectivity index (χ2v) is 8.16. The second-order valence-electron chi connectivity index (χ2n) is 8.16. The molecule has 0 atom stereocenters. The topological polar surface area (TPSA) is 65.5 Å². The molecule has 1 aromatic heterocycles. The predicted molar refractivity (Wildman–Crippen MR) is 112 cm³/mol. The number of hydrogen-bond acceptors (Lipinski definition) is 5. The fourth-order valence-electron chi connectivity index (χ4n) is 4.22. The number of ketones is 1. The summed E-state index contributed by atoms with van der Waals surface area (Å²) in [5.74, 6) is -0.118. The lowest BCUT2D eigenvalue weighted by molar-refractivity contribution is -0.286. The first-order chi connectivity index (χ1) is 15.3. The molecule has 32 heavy (non-hydrogen) atoms. The van der Waals surface area contributed by atoms with Crippen molar-refractivity contribution in [1.29, 1.82) is 0 Å². The van der Waals surface area contributed by atoms with Gasteiger partial charge >= 0.3 is 6.29 Å². The van der Waals surface area contributed by atoms with Crippen molar-refractivity contribution in [3.05, 3.63) is 77.0 Å². The molecule has 2 aromatic carbocycles. The van der Waals surface area contributed by atoms with Gasteiger partial charge in [0, 0.05) is 23.2 Å². The van der Waals surface area contributed by atoms with Gasteiger partial charge in [-0.25, -0.2) is 0 Å². The van der Waals surface area contributed by atoms with Crippen LogP contribution in [0.2, 0.25) is 0 Å². The Balaban J connectivity index is 1.40. The molecule has 1 aliphatic heterocycles. The smallest absolute Gasteiger partial charge is 0.395 e. The lowest BCUT2D eigenvalue weighted by atomic mass is 9.88. The fraction of sp³-hybridized carbons (Fsp3) is 0.240. The summed E-state index contributed by atoms with van der Waals surface area (Å²) >= 11 is 0. The number of rotatable bonds is 6. The zero-order chi connectivity index (χ0) is 22.5. The van der Waals surface area contributed by atoms with E-state index >= 15 is 0 Å². The third-order valence-corrected chi connectivity index (χ3v) is 6.16. The number of aldehydes is 1. The number of carbonyl (C=O) groups is 2. The lowest BCUT2D eigenvalue weighted by Crippen LogP contribution is -2.26. The van der Waals surface area contributed by atoms with Gasteiger partial charge in [0.1, 0.15) is 12.1 Å². The molecule has 0 amide bonds. The van der Waals surface area contributed by atoms with Crippen molar-refractivity contribution in [1.82, 2.24) is 4.98 Å². The number of ether oxygens (including phenoxy) is 2. The minimum absolute atomic E-state index is 0.0221. The molecule has 7 heteroatoms. The first kappa shape index (κ1) is 20.3. The van der Waals surface area contributed by atoms with Gasteiger partial charge in [-0.3, -0.25) is 14.6 Å². The van der Waals surface area contributed by atoms with Crippen molar-refractivity contribution in [2.24, 2.45) is 0 Å². The monoisotopic (exact) mass is 435 g/mol. The van der Waals surface area contributed by atoms with Crippen molar-refractivity contribution >= 4 is 12.1 Å². The average Bonchev–Trinajstić information content (AvgIpc) is 3.51. The highest BCUT2D eigenvalue weighted by molar-refractivity contribution is 5.94. The summed E-state index contributed by atoms with van der Waals surface area (Å²) in [6.07, 6.45) is -1.48.